The number of anilines is 1. The molecular weight excluding hydrogens is 246 g/mol. The molecule has 0 bridgehead atoms. The summed E-state index contributed by atoms with van der Waals surface area (Å²) in [4.78, 5) is 13.1. The highest BCUT2D eigenvalue weighted by atomic mass is 32.2. The van der Waals surface area contributed by atoms with Gasteiger partial charge in [-0.2, -0.15) is 11.8 Å². The monoisotopic (exact) mass is 265 g/mol. The Labute approximate surface area is 112 Å². The van der Waals surface area contributed by atoms with Crippen molar-refractivity contribution in [2.45, 2.75) is 25.3 Å². The second kappa shape index (κ2) is 6.69. The number of hydrogen-bond donors (Lipinski definition) is 1. The summed E-state index contributed by atoms with van der Waals surface area (Å²) in [6.45, 7) is 0.606. The molecule has 0 saturated carbocycles. The maximum Gasteiger partial charge on any atom is 0.305 e. The van der Waals surface area contributed by atoms with Crippen LogP contribution in [0.3, 0.4) is 0 Å². The average molecular weight is 265 g/mol. The molecule has 1 aromatic carbocycles. The first-order valence-electron chi connectivity index (χ1n) is 6.38. The molecule has 1 saturated heterocycles. The van der Waals surface area contributed by atoms with Crippen molar-refractivity contribution >= 4 is 23.4 Å². The Balaban J connectivity index is 2.08. The van der Waals surface area contributed by atoms with Crippen molar-refractivity contribution in [3.63, 3.8) is 0 Å². The van der Waals surface area contributed by atoms with Gasteiger partial charge in [-0.1, -0.05) is 18.2 Å². The van der Waals surface area contributed by atoms with Crippen molar-refractivity contribution in [3.8, 4) is 0 Å². The number of thioether (sulfide) groups is 1. The van der Waals surface area contributed by atoms with Crippen LogP contribution < -0.4 is 4.90 Å². The number of carboxylic acids is 1. The topological polar surface area (TPSA) is 40.5 Å². The van der Waals surface area contributed by atoms with Gasteiger partial charge in [0.1, 0.15) is 0 Å². The molecule has 0 aliphatic carbocycles. The molecule has 1 heterocycles. The summed E-state index contributed by atoms with van der Waals surface area (Å²) in [7, 11) is 0. The van der Waals surface area contributed by atoms with Crippen molar-refractivity contribution in [1.82, 2.24) is 0 Å². The Morgan fingerprint density at radius 3 is 2.56 bits per heavy atom. The van der Waals surface area contributed by atoms with Crippen LogP contribution in [0.1, 0.15) is 19.3 Å². The molecule has 0 atom stereocenters. The maximum atomic E-state index is 10.8. The van der Waals surface area contributed by atoms with Gasteiger partial charge in [0.2, 0.25) is 0 Å². The lowest BCUT2D eigenvalue weighted by molar-refractivity contribution is -0.136. The van der Waals surface area contributed by atoms with E-state index < -0.39 is 5.97 Å². The van der Waals surface area contributed by atoms with Crippen LogP contribution in [0.5, 0.6) is 0 Å². The van der Waals surface area contributed by atoms with E-state index in [4.69, 9.17) is 5.11 Å². The lowest BCUT2D eigenvalue weighted by Gasteiger charge is -2.35. The van der Waals surface area contributed by atoms with Gasteiger partial charge in [-0.05, 0) is 36.5 Å². The van der Waals surface area contributed by atoms with Crippen LogP contribution in [0.2, 0.25) is 0 Å². The molecule has 1 aromatic rings. The lowest BCUT2D eigenvalue weighted by atomic mass is 10.1. The first kappa shape index (κ1) is 13.3. The van der Waals surface area contributed by atoms with E-state index in [0.717, 1.165) is 18.5 Å². The number of benzene rings is 1. The van der Waals surface area contributed by atoms with Gasteiger partial charge < -0.3 is 10.0 Å². The van der Waals surface area contributed by atoms with Gasteiger partial charge in [0.15, 0.2) is 0 Å². The fraction of sp³-hybridized carbons (Fsp3) is 0.500. The van der Waals surface area contributed by atoms with Crippen molar-refractivity contribution in [3.05, 3.63) is 30.3 Å². The van der Waals surface area contributed by atoms with Gasteiger partial charge in [0, 0.05) is 18.3 Å². The van der Waals surface area contributed by atoms with E-state index in [2.05, 4.69) is 17.0 Å². The number of rotatable bonds is 5. The third kappa shape index (κ3) is 3.67. The Bertz CT molecular complexity index is 377. The Morgan fingerprint density at radius 2 is 1.94 bits per heavy atom. The van der Waals surface area contributed by atoms with Crippen LogP contribution in [-0.4, -0.2) is 35.2 Å². The molecule has 2 rings (SSSR count). The summed E-state index contributed by atoms with van der Waals surface area (Å²) >= 11 is 1.99. The molecule has 1 fully saturated rings. The van der Waals surface area contributed by atoms with Crippen molar-refractivity contribution in [2.75, 3.05) is 23.0 Å². The number of hydrogen-bond acceptors (Lipinski definition) is 3. The molecule has 0 radical (unpaired) electrons. The van der Waals surface area contributed by atoms with E-state index in [0.29, 0.717) is 12.6 Å². The number of nitrogens with zero attached hydrogens (tertiary/aromatic N) is 1. The van der Waals surface area contributed by atoms with Crippen LogP contribution >= 0.6 is 11.8 Å². The standard InChI is InChI=1S/C14H19NO2S/c16-14(17)6-9-15(12-4-2-1-3-5-12)13-7-10-18-11-8-13/h1-5,13H,6-11H2,(H,16,17). The zero-order valence-corrected chi connectivity index (χ0v) is 11.2. The Hall–Kier alpha value is -1.16. The zero-order chi connectivity index (χ0) is 12.8. The SMILES string of the molecule is O=C(O)CCN(c1ccccc1)C1CCSCC1. The van der Waals surface area contributed by atoms with E-state index in [1.54, 1.807) is 0 Å². The van der Waals surface area contributed by atoms with Crippen LogP contribution in [0.15, 0.2) is 30.3 Å². The summed E-state index contributed by atoms with van der Waals surface area (Å²) in [6, 6.07) is 10.7. The van der Waals surface area contributed by atoms with Gasteiger partial charge in [0.25, 0.3) is 0 Å². The molecule has 98 valence electrons. The molecule has 1 aliphatic rings. The molecule has 1 aliphatic heterocycles. The maximum absolute atomic E-state index is 10.8. The van der Waals surface area contributed by atoms with Crippen molar-refractivity contribution < 1.29 is 9.90 Å². The largest absolute Gasteiger partial charge is 0.481 e. The normalized spacial score (nSPS) is 16.4. The van der Waals surface area contributed by atoms with Gasteiger partial charge in [-0.15, -0.1) is 0 Å². The highest BCUT2D eigenvalue weighted by Crippen LogP contribution is 2.26. The Morgan fingerprint density at radius 1 is 1.28 bits per heavy atom. The zero-order valence-electron chi connectivity index (χ0n) is 10.4. The second-order valence-corrected chi connectivity index (χ2v) is 5.74. The van der Waals surface area contributed by atoms with Gasteiger partial charge in [0.05, 0.1) is 6.42 Å². The summed E-state index contributed by atoms with van der Waals surface area (Å²) in [5, 5.41) is 8.88. The minimum atomic E-state index is -0.721. The number of para-hydroxylation sites is 1. The first-order valence-corrected chi connectivity index (χ1v) is 7.54. The van der Waals surface area contributed by atoms with Crippen LogP contribution in [0.4, 0.5) is 5.69 Å². The predicted molar refractivity (Wildman–Crippen MR) is 76.4 cm³/mol. The van der Waals surface area contributed by atoms with Crippen LogP contribution in [-0.2, 0) is 4.79 Å². The molecule has 3 nitrogen and oxygen atoms in total. The summed E-state index contributed by atoms with van der Waals surface area (Å²) in [6.07, 6.45) is 2.51. The molecule has 0 aromatic heterocycles. The van der Waals surface area contributed by atoms with Crippen molar-refractivity contribution in [2.24, 2.45) is 0 Å². The Kier molecular flexibility index (Phi) is 4.93. The smallest absolute Gasteiger partial charge is 0.305 e. The minimum Gasteiger partial charge on any atom is -0.481 e. The van der Waals surface area contributed by atoms with E-state index in [-0.39, 0.29) is 6.42 Å². The summed E-state index contributed by atoms with van der Waals surface area (Å²) < 4.78 is 0. The quantitative estimate of drug-likeness (QED) is 0.888. The van der Waals surface area contributed by atoms with E-state index in [1.165, 1.54) is 11.5 Å². The highest BCUT2D eigenvalue weighted by Gasteiger charge is 2.21. The molecule has 0 spiro atoms. The van der Waals surface area contributed by atoms with E-state index in [1.807, 2.05) is 30.0 Å². The molecule has 0 amide bonds. The number of carboxylic acid groups (broad SMARTS) is 1. The van der Waals surface area contributed by atoms with E-state index in [9.17, 15) is 4.79 Å². The molecular formula is C14H19NO2S. The third-order valence-corrected chi connectivity index (χ3v) is 4.33. The average Bonchev–Trinajstić information content (AvgIpc) is 2.41. The fourth-order valence-electron chi connectivity index (χ4n) is 2.35. The van der Waals surface area contributed by atoms with Gasteiger partial charge in [-0.3, -0.25) is 4.79 Å². The van der Waals surface area contributed by atoms with E-state index >= 15 is 0 Å². The van der Waals surface area contributed by atoms with Crippen molar-refractivity contribution in [1.29, 1.82) is 0 Å². The highest BCUT2D eigenvalue weighted by molar-refractivity contribution is 7.99. The molecule has 18 heavy (non-hydrogen) atoms. The second-order valence-electron chi connectivity index (χ2n) is 4.52. The summed E-state index contributed by atoms with van der Waals surface area (Å²) in [5.74, 6) is 1.64. The molecule has 1 N–H and O–H groups in total. The van der Waals surface area contributed by atoms with Gasteiger partial charge in [-0.25, -0.2) is 0 Å². The molecule has 4 heteroatoms. The minimum absolute atomic E-state index is 0.207. The summed E-state index contributed by atoms with van der Waals surface area (Å²) in [5.41, 5.74) is 1.15. The number of carbonyl (C=O) groups is 1. The fourth-order valence-corrected chi connectivity index (χ4v) is 3.44. The first-order chi connectivity index (χ1) is 8.77. The predicted octanol–water partition coefficient (Wildman–Crippen LogP) is 2.86. The van der Waals surface area contributed by atoms with Crippen LogP contribution in [0.25, 0.3) is 0 Å². The van der Waals surface area contributed by atoms with Gasteiger partial charge >= 0.3 is 5.97 Å². The number of aliphatic carboxylic acids is 1. The third-order valence-electron chi connectivity index (χ3n) is 3.29. The van der Waals surface area contributed by atoms with Crippen LogP contribution in [0, 0.1) is 0 Å². The lowest BCUT2D eigenvalue weighted by Crippen LogP contribution is -2.39. The molecule has 0 unspecified atom stereocenters.